The molecule has 2 aromatic carbocycles. The van der Waals surface area contributed by atoms with Gasteiger partial charge in [-0.05, 0) is 28.8 Å². The Kier molecular flexibility index (Phi) is 10.6. The number of aliphatic imine (C=N–C) groups is 1. The average Bonchev–Trinajstić information content (AvgIpc) is 2.69. The van der Waals surface area contributed by atoms with Gasteiger partial charge in [0, 0.05) is 27.2 Å². The minimum absolute atomic E-state index is 0. The molecular weight excluding hydrogens is 457 g/mol. The van der Waals surface area contributed by atoms with Crippen LogP contribution in [0.15, 0.2) is 47.5 Å². The third-order valence-electron chi connectivity index (χ3n) is 3.93. The van der Waals surface area contributed by atoms with Gasteiger partial charge in [0.2, 0.25) is 0 Å². The molecule has 2 aromatic rings. The van der Waals surface area contributed by atoms with Gasteiger partial charge in [-0.3, -0.25) is 4.99 Å². The van der Waals surface area contributed by atoms with Crippen LogP contribution in [0, 0.1) is 0 Å². The number of methoxy groups -OCH3 is 3. The topological polar surface area (TPSA) is 64.1 Å². The van der Waals surface area contributed by atoms with Gasteiger partial charge in [-0.2, -0.15) is 0 Å². The number of hydrogen-bond acceptors (Lipinski definition) is 4. The largest absolute Gasteiger partial charge is 0.493 e. The van der Waals surface area contributed by atoms with Crippen LogP contribution in [0.2, 0.25) is 0 Å². The number of halogens is 1. The van der Waals surface area contributed by atoms with Crippen molar-refractivity contribution in [3.05, 3.63) is 59.2 Å². The van der Waals surface area contributed by atoms with Crippen molar-refractivity contribution < 1.29 is 14.2 Å². The van der Waals surface area contributed by atoms with E-state index in [0.717, 1.165) is 22.8 Å². The van der Waals surface area contributed by atoms with Crippen LogP contribution in [-0.4, -0.2) is 34.3 Å². The van der Waals surface area contributed by atoms with Crippen molar-refractivity contribution in [1.82, 2.24) is 10.6 Å². The predicted octanol–water partition coefficient (Wildman–Crippen LogP) is 3.33. The molecule has 6 nitrogen and oxygen atoms in total. The summed E-state index contributed by atoms with van der Waals surface area (Å²) < 4.78 is 15.7. The standard InChI is InChI=1S/C20H27N3O3.HI/c1-21-20(22-12-15-5-7-16(8-6-15)14-24-2)23-13-17-9-10-18(25-3)19(11-17)26-4;/h5-11H,12-14H2,1-4H3,(H2,21,22,23);1H. The zero-order valence-corrected chi connectivity index (χ0v) is 18.6. The maximum atomic E-state index is 5.33. The molecule has 0 saturated carbocycles. The fourth-order valence-electron chi connectivity index (χ4n) is 2.50. The van der Waals surface area contributed by atoms with Crippen LogP contribution in [-0.2, 0) is 24.4 Å². The summed E-state index contributed by atoms with van der Waals surface area (Å²) in [6, 6.07) is 14.2. The molecular formula is C20H28IN3O3. The van der Waals surface area contributed by atoms with Gasteiger partial charge in [0.05, 0.1) is 20.8 Å². The number of guanidine groups is 1. The first-order chi connectivity index (χ1) is 12.7. The minimum Gasteiger partial charge on any atom is -0.493 e. The van der Waals surface area contributed by atoms with Crippen LogP contribution in [0.4, 0.5) is 0 Å². The quantitative estimate of drug-likeness (QED) is 0.341. The molecule has 0 fully saturated rings. The van der Waals surface area contributed by atoms with Crippen LogP contribution in [0.1, 0.15) is 16.7 Å². The second-order valence-corrected chi connectivity index (χ2v) is 5.72. The molecule has 0 spiro atoms. The molecule has 0 aromatic heterocycles. The Hall–Kier alpha value is -2.00. The monoisotopic (exact) mass is 485 g/mol. The van der Waals surface area contributed by atoms with Crippen LogP contribution in [0.25, 0.3) is 0 Å². The number of rotatable bonds is 8. The fraction of sp³-hybridized carbons (Fsp3) is 0.350. The summed E-state index contributed by atoms with van der Waals surface area (Å²) in [5.41, 5.74) is 3.42. The van der Waals surface area contributed by atoms with Gasteiger partial charge in [0.15, 0.2) is 17.5 Å². The molecule has 0 bridgehead atoms. The van der Waals surface area contributed by atoms with Crippen LogP contribution in [0.3, 0.4) is 0 Å². The molecule has 0 unspecified atom stereocenters. The molecule has 0 atom stereocenters. The van der Waals surface area contributed by atoms with Gasteiger partial charge in [0.1, 0.15) is 0 Å². The third kappa shape index (κ3) is 7.26. The van der Waals surface area contributed by atoms with Crippen LogP contribution in [0.5, 0.6) is 11.5 Å². The molecule has 27 heavy (non-hydrogen) atoms. The lowest BCUT2D eigenvalue weighted by molar-refractivity contribution is 0.185. The molecule has 148 valence electrons. The molecule has 0 heterocycles. The first-order valence-corrected chi connectivity index (χ1v) is 8.42. The first-order valence-electron chi connectivity index (χ1n) is 8.42. The molecule has 0 aliphatic heterocycles. The Morgan fingerprint density at radius 3 is 1.93 bits per heavy atom. The smallest absolute Gasteiger partial charge is 0.191 e. The first kappa shape index (κ1) is 23.0. The minimum atomic E-state index is 0. The van der Waals surface area contributed by atoms with E-state index in [1.165, 1.54) is 5.56 Å². The van der Waals surface area contributed by atoms with E-state index in [2.05, 4.69) is 39.9 Å². The van der Waals surface area contributed by atoms with Gasteiger partial charge >= 0.3 is 0 Å². The molecule has 0 aliphatic rings. The van der Waals surface area contributed by atoms with Crippen molar-refractivity contribution in [3.8, 4) is 11.5 Å². The lowest BCUT2D eigenvalue weighted by atomic mass is 10.1. The number of benzene rings is 2. The molecule has 0 aliphatic carbocycles. The molecule has 0 amide bonds. The summed E-state index contributed by atoms with van der Waals surface area (Å²) in [5, 5.41) is 6.61. The van der Waals surface area contributed by atoms with E-state index in [1.807, 2.05) is 18.2 Å². The highest BCUT2D eigenvalue weighted by Gasteiger charge is 2.05. The van der Waals surface area contributed by atoms with E-state index in [9.17, 15) is 0 Å². The normalized spacial score (nSPS) is 10.7. The molecule has 2 N–H and O–H groups in total. The molecule has 7 heteroatoms. The SMILES string of the molecule is CN=C(NCc1ccc(COC)cc1)NCc1ccc(OC)c(OC)c1.I. The van der Waals surface area contributed by atoms with Crippen molar-refractivity contribution >= 4 is 29.9 Å². The van der Waals surface area contributed by atoms with E-state index >= 15 is 0 Å². The summed E-state index contributed by atoms with van der Waals surface area (Å²) in [7, 11) is 6.71. The van der Waals surface area contributed by atoms with Crippen LogP contribution >= 0.6 is 24.0 Å². The van der Waals surface area contributed by atoms with E-state index in [0.29, 0.717) is 25.4 Å². The third-order valence-corrected chi connectivity index (χ3v) is 3.93. The van der Waals surface area contributed by atoms with E-state index in [-0.39, 0.29) is 24.0 Å². The van der Waals surface area contributed by atoms with Crippen molar-refractivity contribution in [3.63, 3.8) is 0 Å². The van der Waals surface area contributed by atoms with Crippen molar-refractivity contribution in [2.75, 3.05) is 28.4 Å². The zero-order valence-electron chi connectivity index (χ0n) is 16.2. The second kappa shape index (κ2) is 12.4. The summed E-state index contributed by atoms with van der Waals surface area (Å²) in [6.07, 6.45) is 0. The highest BCUT2D eigenvalue weighted by atomic mass is 127. The Balaban J connectivity index is 0.00000364. The van der Waals surface area contributed by atoms with E-state index < -0.39 is 0 Å². The highest BCUT2D eigenvalue weighted by molar-refractivity contribution is 14.0. The number of nitrogens with one attached hydrogen (secondary N) is 2. The Morgan fingerprint density at radius 2 is 1.37 bits per heavy atom. The Bertz CT molecular complexity index is 721. The number of ether oxygens (including phenoxy) is 3. The Labute approximate surface area is 178 Å². The zero-order chi connectivity index (χ0) is 18.8. The van der Waals surface area contributed by atoms with Crippen molar-refractivity contribution in [2.45, 2.75) is 19.7 Å². The summed E-state index contributed by atoms with van der Waals surface area (Å²) >= 11 is 0. The highest BCUT2D eigenvalue weighted by Crippen LogP contribution is 2.27. The van der Waals surface area contributed by atoms with Gasteiger partial charge in [-0.1, -0.05) is 30.3 Å². The molecule has 2 rings (SSSR count). The predicted molar refractivity (Wildman–Crippen MR) is 119 cm³/mol. The summed E-state index contributed by atoms with van der Waals surface area (Å²) in [6.45, 7) is 1.95. The maximum absolute atomic E-state index is 5.33. The average molecular weight is 485 g/mol. The molecule has 0 radical (unpaired) electrons. The number of hydrogen-bond donors (Lipinski definition) is 2. The lowest BCUT2D eigenvalue weighted by Gasteiger charge is -2.14. The van der Waals surface area contributed by atoms with Crippen LogP contribution < -0.4 is 20.1 Å². The van der Waals surface area contributed by atoms with Gasteiger partial charge in [-0.15, -0.1) is 24.0 Å². The Morgan fingerprint density at radius 1 is 0.815 bits per heavy atom. The summed E-state index contributed by atoms with van der Waals surface area (Å²) in [5.74, 6) is 2.17. The van der Waals surface area contributed by atoms with Crippen molar-refractivity contribution in [2.24, 2.45) is 4.99 Å². The van der Waals surface area contributed by atoms with Gasteiger partial charge < -0.3 is 24.8 Å². The molecule has 0 saturated heterocycles. The summed E-state index contributed by atoms with van der Waals surface area (Å²) in [4.78, 5) is 4.26. The number of nitrogens with zero attached hydrogens (tertiary/aromatic N) is 1. The van der Waals surface area contributed by atoms with Gasteiger partial charge in [-0.25, -0.2) is 0 Å². The van der Waals surface area contributed by atoms with E-state index in [1.54, 1.807) is 28.4 Å². The van der Waals surface area contributed by atoms with Crippen molar-refractivity contribution in [1.29, 1.82) is 0 Å². The lowest BCUT2D eigenvalue weighted by Crippen LogP contribution is -2.36. The van der Waals surface area contributed by atoms with Gasteiger partial charge in [0.25, 0.3) is 0 Å². The maximum Gasteiger partial charge on any atom is 0.191 e. The van der Waals surface area contributed by atoms with E-state index in [4.69, 9.17) is 14.2 Å². The fourth-order valence-corrected chi connectivity index (χ4v) is 2.50. The second-order valence-electron chi connectivity index (χ2n) is 5.72.